The first kappa shape index (κ1) is 69.5. The minimum atomic E-state index is -3.27. The van der Waals surface area contributed by atoms with Gasteiger partial charge in [-0.2, -0.15) is 0 Å². The maximum absolute atomic E-state index is 15.7. The van der Waals surface area contributed by atoms with E-state index in [1.165, 1.54) is 37.7 Å². The molecule has 24 aromatic rings. The molecule has 0 fully saturated rings. The summed E-state index contributed by atoms with van der Waals surface area (Å²) in [4.78, 5) is 15.3. The van der Waals surface area contributed by atoms with Crippen LogP contribution in [0.3, 0.4) is 0 Å². The lowest BCUT2D eigenvalue weighted by Gasteiger charge is -2.23. The number of imidazole rings is 3. The van der Waals surface area contributed by atoms with Crippen molar-refractivity contribution in [1.82, 2.24) is 28.2 Å². The average Bonchev–Trinajstić information content (AvgIpc) is 1.67. The minimum absolute atomic E-state index is 0.811. The Morgan fingerprint density at radius 1 is 0.188 bits per heavy atom. The van der Waals surface area contributed by atoms with Crippen LogP contribution in [-0.4, -0.2) is 28.2 Å². The van der Waals surface area contributed by atoms with Crippen molar-refractivity contribution in [2.45, 2.75) is 0 Å². The largest absolute Gasteiger partial charge is 0.309 e. The van der Waals surface area contributed by atoms with Crippen molar-refractivity contribution in [2.75, 3.05) is 0 Å². The van der Waals surface area contributed by atoms with Crippen LogP contribution in [0.15, 0.2) is 419 Å². The third-order valence-electron chi connectivity index (χ3n) is 23.5. The second-order valence-electron chi connectivity index (χ2n) is 29.8. The van der Waals surface area contributed by atoms with E-state index in [-0.39, 0.29) is 0 Å². The van der Waals surface area contributed by atoms with E-state index in [0.29, 0.717) is 0 Å². The zero-order valence-corrected chi connectivity index (χ0v) is 65.8. The summed E-state index contributed by atoms with van der Waals surface area (Å²) in [6.45, 7) is 0. The van der Waals surface area contributed by atoms with Gasteiger partial charge in [0.1, 0.15) is 16.9 Å². The zero-order valence-electron chi connectivity index (χ0n) is 63.1. The first-order chi connectivity index (χ1) is 57.7. The molecule has 0 aliphatic heterocycles. The molecule has 18 aromatic carbocycles. The smallest absolute Gasteiger partial charge is 0.173 e. The van der Waals surface area contributed by atoms with Crippen molar-refractivity contribution in [1.29, 1.82) is 0 Å². The van der Waals surface area contributed by atoms with Gasteiger partial charge in [0.25, 0.3) is 0 Å². The predicted molar refractivity (Wildman–Crippen MR) is 494 cm³/mol. The molecule has 6 heterocycles. The van der Waals surface area contributed by atoms with Crippen molar-refractivity contribution in [3.63, 3.8) is 0 Å². The van der Waals surface area contributed by atoms with Crippen LogP contribution in [0.2, 0.25) is 0 Å². The van der Waals surface area contributed by atoms with Gasteiger partial charge in [0.15, 0.2) is 21.4 Å². The highest BCUT2D eigenvalue weighted by Gasteiger charge is 2.36. The van der Waals surface area contributed by atoms with Crippen molar-refractivity contribution in [3.05, 3.63) is 419 Å². The normalized spacial score (nSPS) is 12.2. The van der Waals surface area contributed by atoms with E-state index >= 15 is 13.7 Å². The lowest BCUT2D eigenvalue weighted by Crippen LogP contribution is -2.26. The summed E-state index contributed by atoms with van der Waals surface area (Å²) in [6, 6.07) is 142. The van der Waals surface area contributed by atoms with Gasteiger partial charge in [-0.3, -0.25) is 13.2 Å². The fourth-order valence-electron chi connectivity index (χ4n) is 18.2. The van der Waals surface area contributed by atoms with Gasteiger partial charge in [0, 0.05) is 96.2 Å². The number of pyridine rings is 3. The molecule has 0 unspecified atom stereocenters. The SMILES string of the molecule is O=P(c1ccccc1)(c1ccccc1)c1ccc2c(c1)c1c3ccccc3ccc1c1nc3ccccc3n21.O=P(c1ccccc1)(c1ccccc1)c1ccc2c3c4ccccc4ccc3c3nc4ccccc4n3c2c1.O=P(c1ccccc1)(c1ccccc1)c1cccc2c3c4ccccc4ccc3c3nc4ccccc4n3c12. The molecular weight excluding hydrogens is 1490 g/mol. The van der Waals surface area contributed by atoms with Gasteiger partial charge in [0.2, 0.25) is 0 Å². The second-order valence-corrected chi connectivity index (χ2v) is 38.1. The Kier molecular flexibility index (Phi) is 16.6. The number of nitrogens with zero attached hydrogens (tertiary/aromatic N) is 6. The lowest BCUT2D eigenvalue weighted by molar-refractivity contribution is 0.591. The number of para-hydroxylation sites is 7. The van der Waals surface area contributed by atoms with Crippen molar-refractivity contribution in [3.8, 4) is 0 Å². The molecule has 0 spiro atoms. The molecule has 0 aliphatic carbocycles. The summed E-state index contributed by atoms with van der Waals surface area (Å²) in [5.41, 5.74) is 11.7. The minimum Gasteiger partial charge on any atom is -0.309 e. The molecule has 0 saturated carbocycles. The summed E-state index contributed by atoms with van der Waals surface area (Å²) in [5, 5.41) is 24.5. The summed E-state index contributed by atoms with van der Waals surface area (Å²) in [7, 11) is -9.55. The van der Waals surface area contributed by atoms with E-state index in [1.54, 1.807) is 0 Å². The number of aromatic nitrogens is 6. The highest BCUT2D eigenvalue weighted by Crippen LogP contribution is 2.50. The van der Waals surface area contributed by atoms with E-state index in [0.717, 1.165) is 157 Å². The number of hydrogen-bond donors (Lipinski definition) is 0. The van der Waals surface area contributed by atoms with Gasteiger partial charge in [-0.15, -0.1) is 0 Å². The number of hydrogen-bond acceptors (Lipinski definition) is 6. The summed E-state index contributed by atoms with van der Waals surface area (Å²) in [5.74, 6) is 0. The average molecular weight is 1560 g/mol. The van der Waals surface area contributed by atoms with Gasteiger partial charge in [-0.05, 0) is 117 Å². The molecule has 0 N–H and O–H groups in total. The number of rotatable bonds is 9. The highest BCUT2D eigenvalue weighted by molar-refractivity contribution is 7.86. The Hall–Kier alpha value is -14.2. The fraction of sp³-hybridized carbons (Fsp3) is 0. The van der Waals surface area contributed by atoms with Crippen LogP contribution in [0.25, 0.3) is 147 Å². The molecule has 0 amide bonds. The molecule has 0 aliphatic rings. The van der Waals surface area contributed by atoms with Crippen LogP contribution >= 0.6 is 21.4 Å². The number of benzene rings is 18. The predicted octanol–water partition coefficient (Wildman–Crippen LogP) is 22.8. The molecule has 117 heavy (non-hydrogen) atoms. The Balaban J connectivity index is 0.000000106. The van der Waals surface area contributed by atoms with Crippen LogP contribution in [0, 0.1) is 0 Å². The van der Waals surface area contributed by atoms with Crippen molar-refractivity contribution >= 4 is 217 Å². The second kappa shape index (κ2) is 27.8. The fourth-order valence-corrected chi connectivity index (χ4v) is 26.4. The van der Waals surface area contributed by atoms with Gasteiger partial charge in [0.05, 0.1) is 49.7 Å². The quantitative estimate of drug-likeness (QED) is 0.105. The molecular formula is C105H69N6O3P3. The third-order valence-corrected chi connectivity index (χ3v) is 32.7. The lowest BCUT2D eigenvalue weighted by atomic mass is 9.99. The van der Waals surface area contributed by atoms with E-state index in [9.17, 15) is 0 Å². The first-order valence-corrected chi connectivity index (χ1v) is 44.4. The molecule has 0 radical (unpaired) electrons. The molecule has 6 aromatic heterocycles. The van der Waals surface area contributed by atoms with Gasteiger partial charge >= 0.3 is 0 Å². The molecule has 0 saturated heterocycles. The molecule has 24 rings (SSSR count). The van der Waals surface area contributed by atoms with Gasteiger partial charge in [-0.1, -0.05) is 334 Å². The highest BCUT2D eigenvalue weighted by atomic mass is 31.2. The molecule has 0 bridgehead atoms. The van der Waals surface area contributed by atoms with E-state index in [2.05, 4.69) is 213 Å². The molecule has 9 nitrogen and oxygen atoms in total. The van der Waals surface area contributed by atoms with Crippen molar-refractivity contribution in [2.24, 2.45) is 0 Å². The molecule has 552 valence electrons. The van der Waals surface area contributed by atoms with E-state index in [1.807, 2.05) is 218 Å². The number of fused-ring (bicyclic) bond motifs is 30. The third kappa shape index (κ3) is 10.9. The molecule has 12 heteroatoms. The first-order valence-electron chi connectivity index (χ1n) is 39.3. The summed E-state index contributed by atoms with van der Waals surface area (Å²) >= 11 is 0. The Morgan fingerprint density at radius 2 is 0.496 bits per heavy atom. The summed E-state index contributed by atoms with van der Waals surface area (Å²) < 4.78 is 52.9. The Morgan fingerprint density at radius 3 is 0.923 bits per heavy atom. The topological polar surface area (TPSA) is 103 Å². The Bertz CT molecular complexity index is 8100. The van der Waals surface area contributed by atoms with E-state index in [4.69, 9.17) is 15.0 Å². The van der Waals surface area contributed by atoms with Crippen LogP contribution in [0.4, 0.5) is 0 Å². The van der Waals surface area contributed by atoms with Gasteiger partial charge in [-0.25, -0.2) is 15.0 Å². The maximum Gasteiger partial charge on any atom is 0.173 e. The monoisotopic (exact) mass is 1550 g/mol. The standard InChI is InChI=1S/3C35H23N2OP/c38-39(25-13-3-1-4-14-25,26-15-5-2-6-16-26)32-21-11-18-28-33-27-17-8-7-12-24(27)22-23-29(33)35-36-30-19-9-10-20-31(30)37(35)34(28)32;38-39(25-12-3-1-4-13-25,26-14-5-2-6-15-26)27-20-22-29-33(23-27)37-32-18-10-9-17-31(32)36-35(37)30-21-19-24-11-7-8-16-28(24)34(29)30;38-39(25-12-3-1-4-13-25,26-14-5-2-6-15-26)27-20-22-32-30(23-27)34-28-16-8-7-11-24(28)19-21-29(34)35-36-31-17-9-10-18-33(31)37(32)35/h3*1-23H. The van der Waals surface area contributed by atoms with Crippen LogP contribution in [0.5, 0.6) is 0 Å². The van der Waals surface area contributed by atoms with Crippen molar-refractivity contribution < 1.29 is 13.7 Å². The van der Waals surface area contributed by atoms with Crippen LogP contribution in [0.1, 0.15) is 0 Å². The van der Waals surface area contributed by atoms with Crippen LogP contribution < -0.4 is 47.7 Å². The Labute approximate surface area is 672 Å². The molecule has 0 atom stereocenters. The van der Waals surface area contributed by atoms with E-state index < -0.39 is 21.4 Å². The maximum atomic E-state index is 15.7. The zero-order chi connectivity index (χ0) is 77.9. The summed E-state index contributed by atoms with van der Waals surface area (Å²) in [6.07, 6.45) is 0. The van der Waals surface area contributed by atoms with Gasteiger partial charge < -0.3 is 13.7 Å². The van der Waals surface area contributed by atoms with Crippen LogP contribution in [-0.2, 0) is 13.7 Å².